The third kappa shape index (κ3) is 4.03. The van der Waals surface area contributed by atoms with Gasteiger partial charge >= 0.3 is 0 Å². The Balaban J connectivity index is 2.81. The number of aliphatic hydroxyl groups is 1. The first kappa shape index (κ1) is 16.2. The molecule has 0 aliphatic heterocycles. The zero-order valence-electron chi connectivity index (χ0n) is 12.9. The van der Waals surface area contributed by atoms with Crippen LogP contribution in [0.2, 0.25) is 0 Å². The molecule has 1 aromatic rings. The van der Waals surface area contributed by atoms with Crippen LogP contribution in [0, 0.1) is 5.41 Å². The molecule has 3 heteroatoms. The Hall–Kier alpha value is -0.900. The van der Waals surface area contributed by atoms with E-state index in [9.17, 15) is 5.11 Å². The molecule has 108 valence electrons. The maximum atomic E-state index is 9.44. The van der Waals surface area contributed by atoms with Crippen LogP contribution in [0.5, 0.6) is 0 Å². The summed E-state index contributed by atoms with van der Waals surface area (Å²) in [5.74, 6) is 0. The normalized spacial score (nSPS) is 14.7. The van der Waals surface area contributed by atoms with E-state index in [2.05, 4.69) is 30.9 Å². The van der Waals surface area contributed by atoms with Gasteiger partial charge in [0, 0.05) is 18.1 Å². The zero-order chi connectivity index (χ0) is 14.7. The Morgan fingerprint density at radius 1 is 1.16 bits per heavy atom. The van der Waals surface area contributed by atoms with Gasteiger partial charge in [0.2, 0.25) is 0 Å². The Morgan fingerprint density at radius 2 is 1.68 bits per heavy atom. The van der Waals surface area contributed by atoms with Gasteiger partial charge in [-0.05, 0) is 31.9 Å². The van der Waals surface area contributed by atoms with Gasteiger partial charge in [0.1, 0.15) is 0 Å². The van der Waals surface area contributed by atoms with Gasteiger partial charge in [-0.1, -0.05) is 44.2 Å². The maximum absolute atomic E-state index is 9.44. The number of likely N-dealkylation sites (N-methyl/N-ethyl adjacent to an activating group) is 1. The average Bonchev–Trinajstić information content (AvgIpc) is 2.38. The van der Waals surface area contributed by atoms with Crippen molar-refractivity contribution in [3.63, 3.8) is 0 Å². The summed E-state index contributed by atoms with van der Waals surface area (Å²) >= 11 is 0. The van der Waals surface area contributed by atoms with E-state index in [4.69, 9.17) is 5.73 Å². The molecule has 0 spiro atoms. The Kier molecular flexibility index (Phi) is 5.13. The number of hydrogen-bond acceptors (Lipinski definition) is 3. The van der Waals surface area contributed by atoms with Gasteiger partial charge in [0.15, 0.2) is 0 Å². The van der Waals surface area contributed by atoms with Gasteiger partial charge in [-0.3, -0.25) is 4.90 Å². The van der Waals surface area contributed by atoms with Crippen molar-refractivity contribution in [1.29, 1.82) is 0 Å². The van der Waals surface area contributed by atoms with Crippen LogP contribution in [0.4, 0.5) is 0 Å². The summed E-state index contributed by atoms with van der Waals surface area (Å²) in [5, 5.41) is 9.44. The van der Waals surface area contributed by atoms with Crippen molar-refractivity contribution in [2.75, 3.05) is 20.2 Å². The van der Waals surface area contributed by atoms with Crippen LogP contribution in [-0.4, -0.2) is 35.7 Å². The van der Waals surface area contributed by atoms with E-state index < -0.39 is 0 Å². The number of hydrogen-bond donors (Lipinski definition) is 2. The molecule has 1 rings (SSSR count). The smallest absolute Gasteiger partial charge is 0.0609 e. The van der Waals surface area contributed by atoms with Crippen LogP contribution in [-0.2, 0) is 0 Å². The van der Waals surface area contributed by atoms with Crippen LogP contribution in [0.25, 0.3) is 0 Å². The van der Waals surface area contributed by atoms with E-state index in [0.717, 1.165) is 12.1 Å². The fourth-order valence-electron chi connectivity index (χ4n) is 2.16. The van der Waals surface area contributed by atoms with Crippen molar-refractivity contribution in [3.8, 4) is 0 Å². The van der Waals surface area contributed by atoms with Crippen molar-refractivity contribution >= 4 is 0 Å². The van der Waals surface area contributed by atoms with E-state index >= 15 is 0 Å². The highest BCUT2D eigenvalue weighted by molar-refractivity contribution is 5.20. The lowest BCUT2D eigenvalue weighted by molar-refractivity contribution is 0.0427. The van der Waals surface area contributed by atoms with E-state index in [1.807, 2.05) is 39.1 Å². The highest BCUT2D eigenvalue weighted by Crippen LogP contribution is 2.33. The highest BCUT2D eigenvalue weighted by atomic mass is 16.3. The molecule has 0 aromatic heterocycles. The van der Waals surface area contributed by atoms with Crippen molar-refractivity contribution in [3.05, 3.63) is 35.9 Å². The molecule has 0 amide bonds. The van der Waals surface area contributed by atoms with E-state index in [1.165, 1.54) is 0 Å². The first-order chi connectivity index (χ1) is 8.70. The fraction of sp³-hybridized carbons (Fsp3) is 0.625. The fourth-order valence-corrected chi connectivity index (χ4v) is 2.16. The molecular weight excluding hydrogens is 236 g/mol. The molecule has 0 saturated heterocycles. The van der Waals surface area contributed by atoms with Gasteiger partial charge in [-0.25, -0.2) is 0 Å². The van der Waals surface area contributed by atoms with Gasteiger partial charge in [0.25, 0.3) is 0 Å². The molecule has 3 nitrogen and oxygen atoms in total. The monoisotopic (exact) mass is 264 g/mol. The highest BCUT2D eigenvalue weighted by Gasteiger charge is 2.33. The Morgan fingerprint density at radius 3 is 2.16 bits per heavy atom. The number of benzene rings is 1. The van der Waals surface area contributed by atoms with E-state index in [-0.39, 0.29) is 23.6 Å². The van der Waals surface area contributed by atoms with Gasteiger partial charge in [-0.15, -0.1) is 0 Å². The van der Waals surface area contributed by atoms with E-state index in [0.29, 0.717) is 0 Å². The SMILES string of the molecule is CN(CC(C)(C)C(N)c1ccccc1)C(C)(C)CO. The minimum absolute atomic E-state index is 0.0226. The Bertz CT molecular complexity index is 387. The second kappa shape index (κ2) is 6.04. The van der Waals surface area contributed by atoms with Crippen LogP contribution in [0.3, 0.4) is 0 Å². The first-order valence-corrected chi connectivity index (χ1v) is 6.83. The van der Waals surface area contributed by atoms with Crippen molar-refractivity contribution < 1.29 is 5.11 Å². The second-order valence-electron chi connectivity index (χ2n) is 6.70. The topological polar surface area (TPSA) is 49.5 Å². The Labute approximate surface area is 117 Å². The van der Waals surface area contributed by atoms with E-state index in [1.54, 1.807) is 0 Å². The third-order valence-corrected chi connectivity index (χ3v) is 4.07. The van der Waals surface area contributed by atoms with Crippen LogP contribution >= 0.6 is 0 Å². The molecule has 19 heavy (non-hydrogen) atoms. The van der Waals surface area contributed by atoms with Crippen LogP contribution < -0.4 is 5.73 Å². The van der Waals surface area contributed by atoms with Gasteiger partial charge < -0.3 is 10.8 Å². The van der Waals surface area contributed by atoms with Crippen LogP contribution in [0.15, 0.2) is 30.3 Å². The molecule has 0 heterocycles. The molecule has 1 atom stereocenters. The molecule has 1 unspecified atom stereocenters. The molecule has 1 aromatic carbocycles. The summed E-state index contributed by atoms with van der Waals surface area (Å²) in [7, 11) is 2.04. The molecule has 0 aliphatic carbocycles. The molecule has 3 N–H and O–H groups in total. The zero-order valence-corrected chi connectivity index (χ0v) is 12.9. The third-order valence-electron chi connectivity index (χ3n) is 4.07. The maximum Gasteiger partial charge on any atom is 0.0609 e. The number of aliphatic hydroxyl groups excluding tert-OH is 1. The standard InChI is InChI=1S/C16H28N2O/c1-15(2,11-18(5)16(3,4)12-19)14(17)13-9-7-6-8-10-13/h6-10,14,19H,11-12,17H2,1-5H3. The molecular formula is C16H28N2O. The summed E-state index contributed by atoms with van der Waals surface area (Å²) in [5.41, 5.74) is 7.28. The number of rotatable bonds is 6. The quantitative estimate of drug-likeness (QED) is 0.829. The predicted octanol–water partition coefficient (Wildman–Crippen LogP) is 2.42. The summed E-state index contributed by atoms with van der Waals surface area (Å²) in [6, 6.07) is 10.2. The lowest BCUT2D eigenvalue weighted by Crippen LogP contribution is -2.50. The lowest BCUT2D eigenvalue weighted by Gasteiger charge is -2.42. The second-order valence-corrected chi connectivity index (χ2v) is 6.70. The minimum Gasteiger partial charge on any atom is -0.394 e. The average molecular weight is 264 g/mol. The molecule has 0 radical (unpaired) electrons. The molecule has 0 fully saturated rings. The largest absolute Gasteiger partial charge is 0.394 e. The van der Waals surface area contributed by atoms with Gasteiger partial charge in [-0.2, -0.15) is 0 Å². The summed E-state index contributed by atoms with van der Waals surface area (Å²) in [4.78, 5) is 2.18. The summed E-state index contributed by atoms with van der Waals surface area (Å²) in [6.45, 7) is 9.40. The minimum atomic E-state index is -0.228. The number of nitrogens with zero attached hydrogens (tertiary/aromatic N) is 1. The van der Waals surface area contributed by atoms with Crippen molar-refractivity contribution in [1.82, 2.24) is 4.90 Å². The molecule has 0 bridgehead atoms. The van der Waals surface area contributed by atoms with Crippen LogP contribution in [0.1, 0.15) is 39.3 Å². The summed E-state index contributed by atoms with van der Waals surface area (Å²) < 4.78 is 0. The lowest BCUT2D eigenvalue weighted by atomic mass is 9.80. The molecule has 0 aliphatic rings. The number of nitrogens with two attached hydrogens (primary N) is 1. The van der Waals surface area contributed by atoms with Crippen molar-refractivity contribution in [2.45, 2.75) is 39.3 Å². The first-order valence-electron chi connectivity index (χ1n) is 6.83. The predicted molar refractivity (Wildman–Crippen MR) is 80.9 cm³/mol. The van der Waals surface area contributed by atoms with Gasteiger partial charge in [0.05, 0.1) is 6.61 Å². The van der Waals surface area contributed by atoms with Crippen molar-refractivity contribution in [2.24, 2.45) is 11.1 Å². The molecule has 0 saturated carbocycles. The summed E-state index contributed by atoms with van der Waals surface area (Å²) in [6.07, 6.45) is 0.